The molecule has 0 spiro atoms. The predicted octanol–water partition coefficient (Wildman–Crippen LogP) is 3.75. The Balaban J connectivity index is 1.96. The van der Waals surface area contributed by atoms with Crippen LogP contribution in [0.15, 0.2) is 34.0 Å². The van der Waals surface area contributed by atoms with Gasteiger partial charge in [-0.3, -0.25) is 14.5 Å². The van der Waals surface area contributed by atoms with Gasteiger partial charge in [0.15, 0.2) is 0 Å². The quantitative estimate of drug-likeness (QED) is 0.566. The first-order valence-corrected chi connectivity index (χ1v) is 10.9. The molecule has 0 aliphatic carbocycles. The van der Waals surface area contributed by atoms with E-state index in [0.29, 0.717) is 21.3 Å². The number of fused-ring (bicyclic) bond motifs is 1. The van der Waals surface area contributed by atoms with Crippen LogP contribution in [-0.4, -0.2) is 39.3 Å². The van der Waals surface area contributed by atoms with Crippen molar-refractivity contribution in [2.75, 3.05) is 24.5 Å². The number of carbonyl (C=O) groups excluding carboxylic acids is 1. The second-order valence-electron chi connectivity index (χ2n) is 7.12. The summed E-state index contributed by atoms with van der Waals surface area (Å²) in [5.74, 6) is -0.114. The molecule has 0 N–H and O–H groups in total. The van der Waals surface area contributed by atoms with Gasteiger partial charge in [0.1, 0.15) is 4.32 Å². The van der Waals surface area contributed by atoms with Gasteiger partial charge in [-0.1, -0.05) is 42.2 Å². The second-order valence-corrected chi connectivity index (χ2v) is 8.79. The summed E-state index contributed by atoms with van der Waals surface area (Å²) >= 11 is 6.62. The lowest BCUT2D eigenvalue weighted by Crippen LogP contribution is -2.33. The SMILES string of the molecule is CCN1C(=O)C(=Cc2c(N3CCCCC3)c3ccccc3n(C)c2=O)SC1=S. The molecule has 2 saturated heterocycles. The lowest BCUT2D eigenvalue weighted by Gasteiger charge is -2.31. The summed E-state index contributed by atoms with van der Waals surface area (Å²) in [5.41, 5.74) is 2.35. The van der Waals surface area contributed by atoms with E-state index in [4.69, 9.17) is 12.2 Å². The summed E-state index contributed by atoms with van der Waals surface area (Å²) in [5, 5.41) is 1.05. The van der Waals surface area contributed by atoms with E-state index in [1.807, 2.05) is 25.1 Å². The molecular formula is C21H23N3O2S2. The zero-order chi connectivity index (χ0) is 19.8. The maximum atomic E-state index is 13.3. The van der Waals surface area contributed by atoms with Gasteiger partial charge in [0.2, 0.25) is 0 Å². The van der Waals surface area contributed by atoms with E-state index < -0.39 is 0 Å². The van der Waals surface area contributed by atoms with Gasteiger partial charge >= 0.3 is 0 Å². The Kier molecular flexibility index (Phi) is 5.29. The third-order valence-electron chi connectivity index (χ3n) is 5.45. The van der Waals surface area contributed by atoms with Crippen LogP contribution in [0.2, 0.25) is 0 Å². The fraction of sp³-hybridized carbons (Fsp3) is 0.381. The molecule has 2 aliphatic rings. The number of hydrogen-bond acceptors (Lipinski definition) is 5. The number of rotatable bonds is 3. The minimum absolute atomic E-state index is 0.0824. The Bertz CT molecular complexity index is 1050. The molecule has 2 fully saturated rings. The summed E-state index contributed by atoms with van der Waals surface area (Å²) in [6.45, 7) is 4.29. The molecule has 3 heterocycles. The first kappa shape index (κ1) is 19.2. The van der Waals surface area contributed by atoms with Crippen LogP contribution in [0, 0.1) is 0 Å². The molecule has 1 aromatic heterocycles. The summed E-state index contributed by atoms with van der Waals surface area (Å²) in [6, 6.07) is 7.99. The van der Waals surface area contributed by atoms with E-state index in [2.05, 4.69) is 11.0 Å². The van der Waals surface area contributed by atoms with Crippen molar-refractivity contribution in [3.63, 3.8) is 0 Å². The molecule has 5 nitrogen and oxygen atoms in total. The lowest BCUT2D eigenvalue weighted by molar-refractivity contribution is -0.121. The first-order chi connectivity index (χ1) is 13.5. The van der Waals surface area contributed by atoms with E-state index in [0.717, 1.165) is 42.5 Å². The molecule has 7 heteroatoms. The molecule has 2 aromatic rings. The number of para-hydroxylation sites is 1. The average molecular weight is 414 g/mol. The number of anilines is 1. The fourth-order valence-corrected chi connectivity index (χ4v) is 5.36. The predicted molar refractivity (Wildman–Crippen MR) is 121 cm³/mol. The number of nitrogens with zero attached hydrogens (tertiary/aromatic N) is 3. The van der Waals surface area contributed by atoms with Crippen molar-refractivity contribution < 1.29 is 4.79 Å². The van der Waals surface area contributed by atoms with Crippen LogP contribution in [0.5, 0.6) is 0 Å². The Morgan fingerprint density at radius 1 is 1.14 bits per heavy atom. The molecule has 146 valence electrons. The van der Waals surface area contributed by atoms with Crippen LogP contribution >= 0.6 is 24.0 Å². The summed E-state index contributed by atoms with van der Waals surface area (Å²) in [7, 11) is 1.79. The van der Waals surface area contributed by atoms with E-state index >= 15 is 0 Å². The van der Waals surface area contributed by atoms with Crippen molar-refractivity contribution in [1.29, 1.82) is 0 Å². The van der Waals surface area contributed by atoms with Crippen LogP contribution in [-0.2, 0) is 11.8 Å². The molecule has 2 aliphatic heterocycles. The van der Waals surface area contributed by atoms with Crippen molar-refractivity contribution in [3.8, 4) is 0 Å². The van der Waals surface area contributed by atoms with E-state index in [-0.39, 0.29) is 11.5 Å². The van der Waals surface area contributed by atoms with Gasteiger partial charge in [-0.15, -0.1) is 0 Å². The number of aryl methyl sites for hydroxylation is 1. The molecule has 0 saturated carbocycles. The minimum atomic E-state index is -0.114. The van der Waals surface area contributed by atoms with Crippen LogP contribution in [0.3, 0.4) is 0 Å². The average Bonchev–Trinajstić information content (AvgIpc) is 2.99. The third-order valence-corrected chi connectivity index (χ3v) is 6.83. The number of likely N-dealkylation sites (N-methyl/N-ethyl adjacent to an activating group) is 1. The zero-order valence-electron chi connectivity index (χ0n) is 16.1. The summed E-state index contributed by atoms with van der Waals surface area (Å²) < 4.78 is 2.23. The number of thioether (sulfide) groups is 1. The van der Waals surface area contributed by atoms with Gasteiger partial charge in [-0.25, -0.2) is 0 Å². The van der Waals surface area contributed by atoms with Gasteiger partial charge in [-0.2, -0.15) is 0 Å². The van der Waals surface area contributed by atoms with Gasteiger partial charge < -0.3 is 9.47 Å². The fourth-order valence-electron chi connectivity index (χ4n) is 3.99. The van der Waals surface area contributed by atoms with Crippen LogP contribution in [0.25, 0.3) is 17.0 Å². The van der Waals surface area contributed by atoms with Gasteiger partial charge in [-0.05, 0) is 38.3 Å². The highest BCUT2D eigenvalue weighted by molar-refractivity contribution is 8.26. The van der Waals surface area contributed by atoms with Crippen LogP contribution in [0.1, 0.15) is 31.7 Å². The van der Waals surface area contributed by atoms with E-state index in [9.17, 15) is 9.59 Å². The Morgan fingerprint density at radius 2 is 1.86 bits per heavy atom. The van der Waals surface area contributed by atoms with Crippen molar-refractivity contribution in [2.24, 2.45) is 7.05 Å². The van der Waals surface area contributed by atoms with Crippen molar-refractivity contribution in [3.05, 3.63) is 45.1 Å². The molecule has 0 atom stereocenters. The first-order valence-electron chi connectivity index (χ1n) is 9.65. The molecule has 0 unspecified atom stereocenters. The van der Waals surface area contributed by atoms with Crippen molar-refractivity contribution >= 4 is 56.9 Å². The Morgan fingerprint density at radius 3 is 2.54 bits per heavy atom. The molecule has 0 radical (unpaired) electrons. The summed E-state index contributed by atoms with van der Waals surface area (Å²) in [6.07, 6.45) is 5.19. The number of pyridine rings is 1. The lowest BCUT2D eigenvalue weighted by atomic mass is 10.0. The van der Waals surface area contributed by atoms with E-state index in [1.165, 1.54) is 18.2 Å². The molecule has 28 heavy (non-hydrogen) atoms. The molecular weight excluding hydrogens is 390 g/mol. The number of thiocarbonyl (C=S) groups is 1. The minimum Gasteiger partial charge on any atom is -0.370 e. The number of benzene rings is 1. The largest absolute Gasteiger partial charge is 0.370 e. The second kappa shape index (κ2) is 7.72. The Labute approximate surface area is 174 Å². The number of hydrogen-bond donors (Lipinski definition) is 0. The van der Waals surface area contributed by atoms with Gasteiger partial charge in [0.25, 0.3) is 11.5 Å². The number of aromatic nitrogens is 1. The number of carbonyl (C=O) groups is 1. The smallest absolute Gasteiger partial charge is 0.266 e. The molecule has 0 bridgehead atoms. The molecule has 1 amide bonds. The zero-order valence-corrected chi connectivity index (χ0v) is 17.7. The van der Waals surface area contributed by atoms with Crippen molar-refractivity contribution in [2.45, 2.75) is 26.2 Å². The number of amides is 1. The topological polar surface area (TPSA) is 45.6 Å². The van der Waals surface area contributed by atoms with Crippen LogP contribution in [0.4, 0.5) is 5.69 Å². The summed E-state index contributed by atoms with van der Waals surface area (Å²) in [4.78, 5) is 30.4. The third kappa shape index (κ3) is 3.16. The monoisotopic (exact) mass is 413 g/mol. The van der Waals surface area contributed by atoms with Gasteiger partial charge in [0.05, 0.1) is 21.7 Å². The normalized spacial score (nSPS) is 19.3. The van der Waals surface area contributed by atoms with E-state index in [1.54, 1.807) is 22.6 Å². The maximum absolute atomic E-state index is 13.3. The standard InChI is InChI=1S/C21H23N3O2S2/c1-3-24-20(26)17(28-21(24)27)13-15-18(23-11-7-4-8-12-23)14-9-5-6-10-16(14)22(2)19(15)25/h5-6,9-10,13H,3-4,7-8,11-12H2,1-2H3. The number of piperidine rings is 1. The van der Waals surface area contributed by atoms with Crippen molar-refractivity contribution in [1.82, 2.24) is 9.47 Å². The highest BCUT2D eigenvalue weighted by atomic mass is 32.2. The van der Waals surface area contributed by atoms with Crippen LogP contribution < -0.4 is 10.5 Å². The molecule has 1 aromatic carbocycles. The van der Waals surface area contributed by atoms with Gasteiger partial charge in [0, 0.05) is 32.1 Å². The highest BCUT2D eigenvalue weighted by Gasteiger charge is 2.32. The maximum Gasteiger partial charge on any atom is 0.266 e. The molecule has 4 rings (SSSR count). The highest BCUT2D eigenvalue weighted by Crippen LogP contribution is 2.36. The Hall–Kier alpha value is -2.12.